The summed E-state index contributed by atoms with van der Waals surface area (Å²) in [6.07, 6.45) is 3.42. The van der Waals surface area contributed by atoms with Gasteiger partial charge in [-0.2, -0.15) is 5.10 Å². The van der Waals surface area contributed by atoms with Gasteiger partial charge in [0.05, 0.1) is 0 Å². The van der Waals surface area contributed by atoms with Gasteiger partial charge in [-0.15, -0.1) is 0 Å². The lowest BCUT2D eigenvalue weighted by Crippen LogP contribution is -1.97. The predicted molar refractivity (Wildman–Crippen MR) is 62.0 cm³/mol. The van der Waals surface area contributed by atoms with Crippen LogP contribution in [-0.4, -0.2) is 20.2 Å². The van der Waals surface area contributed by atoms with Gasteiger partial charge in [0.2, 0.25) is 0 Å². The van der Waals surface area contributed by atoms with Crippen LogP contribution in [0.4, 0.5) is 0 Å². The summed E-state index contributed by atoms with van der Waals surface area (Å²) in [5, 5.41) is 7.15. The molecule has 4 nitrogen and oxygen atoms in total. The number of aromatic nitrogens is 4. The Morgan fingerprint density at radius 1 is 1.31 bits per heavy atom. The zero-order valence-electron chi connectivity index (χ0n) is 9.64. The Kier molecular flexibility index (Phi) is 3.29. The summed E-state index contributed by atoms with van der Waals surface area (Å²) in [5.41, 5.74) is 1.01. The Bertz CT molecular complexity index is 433. The zero-order chi connectivity index (χ0) is 11.4. The lowest BCUT2D eigenvalue weighted by molar-refractivity contribution is 0.622. The molecule has 0 atom stereocenters. The number of nitrogens with zero attached hydrogens (tertiary/aromatic N) is 3. The van der Waals surface area contributed by atoms with Crippen molar-refractivity contribution in [2.24, 2.45) is 5.92 Å². The number of nitrogens with one attached hydrogen (secondary N) is 1. The van der Waals surface area contributed by atoms with E-state index in [0.717, 1.165) is 23.8 Å². The first-order chi connectivity index (χ1) is 7.74. The Balaban J connectivity index is 2.03. The van der Waals surface area contributed by atoms with E-state index >= 15 is 0 Å². The van der Waals surface area contributed by atoms with Crippen molar-refractivity contribution in [3.05, 3.63) is 41.7 Å². The zero-order valence-corrected chi connectivity index (χ0v) is 9.64. The monoisotopic (exact) mass is 216 g/mol. The van der Waals surface area contributed by atoms with Crippen LogP contribution < -0.4 is 0 Å². The molecule has 0 spiro atoms. The molecule has 2 heterocycles. The summed E-state index contributed by atoms with van der Waals surface area (Å²) in [4.78, 5) is 8.70. The molecule has 16 heavy (non-hydrogen) atoms. The third-order valence-electron chi connectivity index (χ3n) is 2.24. The fraction of sp³-hybridized carbons (Fsp3) is 0.417. The SMILES string of the molecule is CC(C)Cc1n[nH]c(Cc2ccccn2)n1. The molecule has 0 amide bonds. The highest BCUT2D eigenvalue weighted by Gasteiger charge is 2.06. The van der Waals surface area contributed by atoms with E-state index in [9.17, 15) is 0 Å². The van der Waals surface area contributed by atoms with E-state index in [1.807, 2.05) is 18.2 Å². The molecule has 0 aromatic carbocycles. The quantitative estimate of drug-likeness (QED) is 0.850. The first-order valence-corrected chi connectivity index (χ1v) is 5.54. The highest BCUT2D eigenvalue weighted by molar-refractivity contribution is 5.09. The molecule has 0 radical (unpaired) electrons. The van der Waals surface area contributed by atoms with Crippen LogP contribution in [0.3, 0.4) is 0 Å². The van der Waals surface area contributed by atoms with Gasteiger partial charge in [-0.1, -0.05) is 19.9 Å². The molecule has 2 aromatic rings. The molecule has 84 valence electrons. The highest BCUT2D eigenvalue weighted by Crippen LogP contribution is 2.05. The second-order valence-electron chi connectivity index (χ2n) is 4.29. The first-order valence-electron chi connectivity index (χ1n) is 5.54. The molecule has 0 bridgehead atoms. The summed E-state index contributed by atoms with van der Waals surface area (Å²) in [6, 6.07) is 5.88. The molecule has 0 saturated carbocycles. The van der Waals surface area contributed by atoms with Crippen molar-refractivity contribution in [2.75, 3.05) is 0 Å². The van der Waals surface area contributed by atoms with Gasteiger partial charge < -0.3 is 0 Å². The smallest absolute Gasteiger partial charge is 0.150 e. The van der Waals surface area contributed by atoms with Gasteiger partial charge >= 0.3 is 0 Å². The lowest BCUT2D eigenvalue weighted by atomic mass is 10.1. The van der Waals surface area contributed by atoms with E-state index in [-0.39, 0.29) is 0 Å². The van der Waals surface area contributed by atoms with Gasteiger partial charge in [-0.3, -0.25) is 10.1 Å². The molecule has 0 unspecified atom stereocenters. The van der Waals surface area contributed by atoms with Crippen molar-refractivity contribution in [3.8, 4) is 0 Å². The average molecular weight is 216 g/mol. The van der Waals surface area contributed by atoms with Crippen molar-refractivity contribution in [3.63, 3.8) is 0 Å². The number of rotatable bonds is 4. The second kappa shape index (κ2) is 4.88. The van der Waals surface area contributed by atoms with Crippen LogP contribution in [0.15, 0.2) is 24.4 Å². The van der Waals surface area contributed by atoms with E-state index in [2.05, 4.69) is 34.0 Å². The minimum absolute atomic E-state index is 0.582. The fourth-order valence-electron chi connectivity index (χ4n) is 1.54. The minimum atomic E-state index is 0.582. The number of H-pyrrole nitrogens is 1. The summed E-state index contributed by atoms with van der Waals surface area (Å²) >= 11 is 0. The van der Waals surface area contributed by atoms with E-state index in [0.29, 0.717) is 12.3 Å². The number of aromatic amines is 1. The van der Waals surface area contributed by atoms with Crippen molar-refractivity contribution >= 4 is 0 Å². The van der Waals surface area contributed by atoms with Gasteiger partial charge in [0.25, 0.3) is 0 Å². The van der Waals surface area contributed by atoms with Gasteiger partial charge in [-0.25, -0.2) is 4.98 Å². The molecule has 4 heteroatoms. The molecular weight excluding hydrogens is 200 g/mol. The molecule has 0 saturated heterocycles. The molecule has 2 aromatic heterocycles. The van der Waals surface area contributed by atoms with Crippen LogP contribution in [0.25, 0.3) is 0 Å². The molecule has 1 N–H and O–H groups in total. The van der Waals surface area contributed by atoms with E-state index in [1.165, 1.54) is 0 Å². The fourth-order valence-corrected chi connectivity index (χ4v) is 1.54. The number of hydrogen-bond donors (Lipinski definition) is 1. The van der Waals surface area contributed by atoms with Crippen LogP contribution in [-0.2, 0) is 12.8 Å². The summed E-state index contributed by atoms with van der Waals surface area (Å²) in [7, 11) is 0. The Morgan fingerprint density at radius 2 is 2.19 bits per heavy atom. The standard InChI is InChI=1S/C12H16N4/c1-9(2)7-11-14-12(16-15-11)8-10-5-3-4-6-13-10/h3-6,9H,7-8H2,1-2H3,(H,14,15,16). The van der Waals surface area contributed by atoms with Crippen molar-refractivity contribution < 1.29 is 0 Å². The third-order valence-corrected chi connectivity index (χ3v) is 2.24. The lowest BCUT2D eigenvalue weighted by Gasteiger charge is -1.97. The Hall–Kier alpha value is -1.71. The van der Waals surface area contributed by atoms with Crippen LogP contribution in [0.2, 0.25) is 0 Å². The van der Waals surface area contributed by atoms with Gasteiger partial charge in [-0.05, 0) is 18.1 Å². The topological polar surface area (TPSA) is 54.5 Å². The van der Waals surface area contributed by atoms with Crippen LogP contribution >= 0.6 is 0 Å². The minimum Gasteiger partial charge on any atom is -0.263 e. The normalized spacial score (nSPS) is 10.9. The predicted octanol–water partition coefficient (Wildman–Crippen LogP) is 1.99. The molecule has 0 fully saturated rings. The molecule has 0 aliphatic heterocycles. The maximum absolute atomic E-state index is 4.44. The van der Waals surface area contributed by atoms with Crippen molar-refractivity contribution in [1.29, 1.82) is 0 Å². The Labute approximate surface area is 95.1 Å². The highest BCUT2D eigenvalue weighted by atomic mass is 15.2. The first kappa shape index (κ1) is 10.8. The van der Waals surface area contributed by atoms with E-state index in [1.54, 1.807) is 6.20 Å². The Morgan fingerprint density at radius 3 is 2.88 bits per heavy atom. The van der Waals surface area contributed by atoms with Crippen LogP contribution in [0.1, 0.15) is 31.2 Å². The molecule has 0 aliphatic rings. The summed E-state index contributed by atoms with van der Waals surface area (Å²) in [6.45, 7) is 4.32. The third kappa shape index (κ3) is 2.89. The average Bonchev–Trinajstić information content (AvgIpc) is 2.66. The molecule has 2 rings (SSSR count). The van der Waals surface area contributed by atoms with E-state index < -0.39 is 0 Å². The summed E-state index contributed by atoms with van der Waals surface area (Å²) in [5.74, 6) is 2.36. The van der Waals surface area contributed by atoms with Gasteiger partial charge in [0.1, 0.15) is 5.82 Å². The van der Waals surface area contributed by atoms with Crippen LogP contribution in [0.5, 0.6) is 0 Å². The van der Waals surface area contributed by atoms with Crippen molar-refractivity contribution in [1.82, 2.24) is 20.2 Å². The van der Waals surface area contributed by atoms with E-state index in [4.69, 9.17) is 0 Å². The second-order valence-corrected chi connectivity index (χ2v) is 4.29. The maximum Gasteiger partial charge on any atom is 0.150 e. The van der Waals surface area contributed by atoms with Gasteiger partial charge in [0.15, 0.2) is 5.82 Å². The number of hydrogen-bond acceptors (Lipinski definition) is 3. The summed E-state index contributed by atoms with van der Waals surface area (Å²) < 4.78 is 0. The van der Waals surface area contributed by atoms with Crippen LogP contribution in [0, 0.1) is 5.92 Å². The molecular formula is C12H16N4. The largest absolute Gasteiger partial charge is 0.263 e. The van der Waals surface area contributed by atoms with Crippen molar-refractivity contribution in [2.45, 2.75) is 26.7 Å². The maximum atomic E-state index is 4.44. The number of pyridine rings is 1. The molecule has 0 aliphatic carbocycles. The van der Waals surface area contributed by atoms with Gasteiger partial charge in [0, 0.05) is 24.7 Å².